The molecule has 3 heterocycles. The number of hydrogen-bond acceptors (Lipinski definition) is 4. The lowest BCUT2D eigenvalue weighted by Gasteiger charge is -2.27. The molecule has 0 unspecified atom stereocenters. The molecule has 1 saturated heterocycles. The molecule has 4 aromatic rings. The van der Waals surface area contributed by atoms with E-state index in [9.17, 15) is 9.59 Å². The Labute approximate surface area is 193 Å². The highest BCUT2D eigenvalue weighted by Gasteiger charge is 2.20. The van der Waals surface area contributed by atoms with Gasteiger partial charge in [-0.25, -0.2) is 19.3 Å². The van der Waals surface area contributed by atoms with Gasteiger partial charge in [-0.2, -0.15) is 0 Å². The summed E-state index contributed by atoms with van der Waals surface area (Å²) in [5.74, 6) is 0.817. The summed E-state index contributed by atoms with van der Waals surface area (Å²) in [5, 5.41) is 4.14. The molecule has 2 aromatic heterocycles. The fourth-order valence-electron chi connectivity index (χ4n) is 3.73. The van der Waals surface area contributed by atoms with Crippen molar-refractivity contribution < 1.29 is 4.79 Å². The van der Waals surface area contributed by atoms with Gasteiger partial charge >= 0.3 is 6.03 Å². The largest absolute Gasteiger partial charge is 0.338 e. The number of fused-ring (bicyclic) bond motifs is 1. The third kappa shape index (κ3) is 3.70. The number of nitrogens with one attached hydrogen (secondary N) is 1. The van der Waals surface area contributed by atoms with Crippen molar-refractivity contribution >= 4 is 45.8 Å². The SMILES string of the molecule is O=C1NCCCN1c1ccc(-c2nc3ccc(Cl)cc3c(=O)n2-c2ccc(Cl)cn2)cc1. The molecule has 9 heteroatoms. The van der Waals surface area contributed by atoms with Crippen molar-refractivity contribution in [2.45, 2.75) is 6.42 Å². The number of nitrogens with zero attached hydrogens (tertiary/aromatic N) is 4. The molecular formula is C23H17Cl2N5O2. The number of amides is 2. The molecule has 0 radical (unpaired) electrons. The smallest absolute Gasteiger partial charge is 0.321 e. The summed E-state index contributed by atoms with van der Waals surface area (Å²) in [6.45, 7) is 1.33. The second-order valence-electron chi connectivity index (χ2n) is 7.36. The summed E-state index contributed by atoms with van der Waals surface area (Å²) in [4.78, 5) is 36.4. The maximum atomic E-state index is 13.4. The summed E-state index contributed by atoms with van der Waals surface area (Å²) in [6.07, 6.45) is 2.36. The normalized spacial score (nSPS) is 13.9. The summed E-state index contributed by atoms with van der Waals surface area (Å²) in [6, 6.07) is 15.6. The van der Waals surface area contributed by atoms with Crippen molar-refractivity contribution in [3.05, 3.63) is 81.2 Å². The van der Waals surface area contributed by atoms with E-state index < -0.39 is 0 Å². The molecule has 1 aliphatic heterocycles. The van der Waals surface area contributed by atoms with Crippen LogP contribution in [0, 0.1) is 0 Å². The molecule has 0 aliphatic carbocycles. The maximum Gasteiger partial charge on any atom is 0.321 e. The Morgan fingerprint density at radius 2 is 1.72 bits per heavy atom. The number of hydrogen-bond donors (Lipinski definition) is 1. The molecule has 0 spiro atoms. The monoisotopic (exact) mass is 465 g/mol. The molecule has 0 saturated carbocycles. The first-order valence-electron chi connectivity index (χ1n) is 10.0. The molecule has 2 aromatic carbocycles. The van der Waals surface area contributed by atoms with Gasteiger partial charge in [0.1, 0.15) is 11.6 Å². The molecule has 2 amide bonds. The standard InChI is InChI=1S/C23H17Cl2N5O2/c24-15-4-8-19-18(12-15)22(31)30(20-9-5-16(25)13-27-20)21(28-19)14-2-6-17(7-3-14)29-11-1-10-26-23(29)32/h2-9,12-13H,1,10-11H2,(H,26,32). The summed E-state index contributed by atoms with van der Waals surface area (Å²) in [5.41, 5.74) is 1.72. The van der Waals surface area contributed by atoms with E-state index in [1.807, 2.05) is 24.3 Å². The summed E-state index contributed by atoms with van der Waals surface area (Å²) >= 11 is 12.1. The number of carbonyl (C=O) groups excluding carboxylic acids is 1. The third-order valence-corrected chi connectivity index (χ3v) is 5.75. The zero-order chi connectivity index (χ0) is 22.2. The van der Waals surface area contributed by atoms with Gasteiger partial charge < -0.3 is 5.32 Å². The molecule has 5 rings (SSSR count). The van der Waals surface area contributed by atoms with Gasteiger partial charge in [-0.3, -0.25) is 9.69 Å². The zero-order valence-corrected chi connectivity index (χ0v) is 18.3. The van der Waals surface area contributed by atoms with E-state index in [2.05, 4.69) is 10.3 Å². The van der Waals surface area contributed by atoms with Crippen LogP contribution in [0.1, 0.15) is 6.42 Å². The number of anilines is 1. The Morgan fingerprint density at radius 1 is 0.938 bits per heavy atom. The van der Waals surface area contributed by atoms with Gasteiger partial charge in [-0.1, -0.05) is 23.2 Å². The highest BCUT2D eigenvalue weighted by atomic mass is 35.5. The average molecular weight is 466 g/mol. The number of carbonyl (C=O) groups is 1. The van der Waals surface area contributed by atoms with Gasteiger partial charge in [0.2, 0.25) is 0 Å². The predicted octanol–water partition coefficient (Wildman–Crippen LogP) is 4.67. The van der Waals surface area contributed by atoms with Crippen LogP contribution in [0.25, 0.3) is 28.1 Å². The number of aromatic nitrogens is 3. The van der Waals surface area contributed by atoms with Gasteiger partial charge in [0.05, 0.1) is 15.9 Å². The van der Waals surface area contributed by atoms with Crippen molar-refractivity contribution in [1.82, 2.24) is 19.9 Å². The van der Waals surface area contributed by atoms with Crippen LogP contribution >= 0.6 is 23.2 Å². The first kappa shape index (κ1) is 20.5. The highest BCUT2D eigenvalue weighted by molar-refractivity contribution is 6.31. The minimum atomic E-state index is -0.290. The molecular weight excluding hydrogens is 449 g/mol. The van der Waals surface area contributed by atoms with Gasteiger partial charge in [0.15, 0.2) is 0 Å². The van der Waals surface area contributed by atoms with Crippen molar-refractivity contribution in [2.24, 2.45) is 0 Å². The number of halogens is 2. The van der Waals surface area contributed by atoms with E-state index >= 15 is 0 Å². The van der Waals surface area contributed by atoms with Crippen LogP contribution in [0.15, 0.2) is 65.6 Å². The minimum absolute atomic E-state index is 0.119. The van der Waals surface area contributed by atoms with Crippen molar-refractivity contribution in [2.75, 3.05) is 18.0 Å². The van der Waals surface area contributed by atoms with Crippen LogP contribution < -0.4 is 15.8 Å². The van der Waals surface area contributed by atoms with Gasteiger partial charge in [-0.15, -0.1) is 0 Å². The van der Waals surface area contributed by atoms with Crippen LogP contribution in [0.5, 0.6) is 0 Å². The predicted molar refractivity (Wildman–Crippen MR) is 126 cm³/mol. The van der Waals surface area contributed by atoms with Gasteiger partial charge in [0.25, 0.3) is 5.56 Å². The Kier molecular flexibility index (Phi) is 5.28. The number of pyridine rings is 1. The molecule has 0 atom stereocenters. The fraction of sp³-hybridized carbons (Fsp3) is 0.130. The van der Waals surface area contributed by atoms with Crippen LogP contribution in [-0.2, 0) is 0 Å². The molecule has 1 N–H and O–H groups in total. The molecule has 32 heavy (non-hydrogen) atoms. The van der Waals surface area contributed by atoms with Crippen LogP contribution in [0.2, 0.25) is 10.0 Å². The van der Waals surface area contributed by atoms with Gasteiger partial charge in [-0.05, 0) is 61.0 Å². The Morgan fingerprint density at radius 3 is 2.44 bits per heavy atom. The lowest BCUT2D eigenvalue weighted by molar-refractivity contribution is 0.243. The Bertz CT molecular complexity index is 1380. The second-order valence-corrected chi connectivity index (χ2v) is 8.23. The first-order chi connectivity index (χ1) is 15.5. The van der Waals surface area contributed by atoms with E-state index in [0.717, 1.165) is 12.1 Å². The first-order valence-corrected chi connectivity index (χ1v) is 10.8. The summed E-state index contributed by atoms with van der Waals surface area (Å²) in [7, 11) is 0. The number of urea groups is 1. The fourth-order valence-corrected chi connectivity index (χ4v) is 4.01. The van der Waals surface area contributed by atoms with Crippen LogP contribution in [-0.4, -0.2) is 33.7 Å². The van der Waals surface area contributed by atoms with E-state index in [1.165, 1.54) is 10.8 Å². The lowest BCUT2D eigenvalue weighted by Crippen LogP contribution is -2.46. The van der Waals surface area contributed by atoms with E-state index in [-0.39, 0.29) is 11.6 Å². The molecule has 7 nitrogen and oxygen atoms in total. The topological polar surface area (TPSA) is 80.1 Å². The quantitative estimate of drug-likeness (QED) is 0.476. The summed E-state index contributed by atoms with van der Waals surface area (Å²) < 4.78 is 1.44. The molecule has 1 aliphatic rings. The van der Waals surface area contributed by atoms with Crippen molar-refractivity contribution in [3.63, 3.8) is 0 Å². The maximum absolute atomic E-state index is 13.4. The highest BCUT2D eigenvalue weighted by Crippen LogP contribution is 2.26. The molecule has 0 bridgehead atoms. The third-order valence-electron chi connectivity index (χ3n) is 5.29. The number of rotatable bonds is 3. The van der Waals surface area contributed by atoms with E-state index in [0.29, 0.717) is 51.2 Å². The number of benzene rings is 2. The minimum Gasteiger partial charge on any atom is -0.338 e. The second kappa shape index (κ2) is 8.26. The lowest BCUT2D eigenvalue weighted by atomic mass is 10.1. The van der Waals surface area contributed by atoms with Crippen molar-refractivity contribution in [3.8, 4) is 17.2 Å². The Balaban J connectivity index is 1.68. The average Bonchev–Trinajstić information content (AvgIpc) is 2.81. The Hall–Kier alpha value is -3.42. The van der Waals surface area contributed by atoms with Crippen LogP contribution in [0.4, 0.5) is 10.5 Å². The van der Waals surface area contributed by atoms with Crippen molar-refractivity contribution in [1.29, 1.82) is 0 Å². The molecule has 1 fully saturated rings. The van der Waals surface area contributed by atoms with Gasteiger partial charge in [0, 0.05) is 35.6 Å². The van der Waals surface area contributed by atoms with E-state index in [1.54, 1.807) is 35.2 Å². The molecule has 160 valence electrons. The van der Waals surface area contributed by atoms with Crippen LogP contribution in [0.3, 0.4) is 0 Å². The zero-order valence-electron chi connectivity index (χ0n) is 16.8. The van der Waals surface area contributed by atoms with E-state index in [4.69, 9.17) is 28.2 Å².